The van der Waals surface area contributed by atoms with E-state index >= 15 is 0 Å². The number of likely N-dealkylation sites (tertiary alicyclic amines) is 1. The monoisotopic (exact) mass is 408 g/mol. The van der Waals surface area contributed by atoms with Gasteiger partial charge in [0.2, 0.25) is 5.91 Å². The van der Waals surface area contributed by atoms with E-state index in [1.807, 2.05) is 41.4 Å². The highest BCUT2D eigenvalue weighted by Gasteiger charge is 2.28. The van der Waals surface area contributed by atoms with Crippen molar-refractivity contribution >= 4 is 11.7 Å². The molecule has 1 unspecified atom stereocenters. The van der Waals surface area contributed by atoms with Gasteiger partial charge in [0.15, 0.2) is 0 Å². The molecule has 30 heavy (non-hydrogen) atoms. The van der Waals surface area contributed by atoms with E-state index in [0.29, 0.717) is 12.6 Å². The topological polar surface area (TPSA) is 48.9 Å². The molecule has 1 aromatic heterocycles. The molecule has 3 heterocycles. The lowest BCUT2D eigenvalue weighted by atomic mass is 10.0. The van der Waals surface area contributed by atoms with Crippen molar-refractivity contribution in [2.45, 2.75) is 31.7 Å². The van der Waals surface area contributed by atoms with Gasteiger partial charge >= 0.3 is 0 Å². The lowest BCUT2D eigenvalue weighted by molar-refractivity contribution is -0.133. The van der Waals surface area contributed by atoms with Gasteiger partial charge in [0.05, 0.1) is 13.7 Å². The minimum Gasteiger partial charge on any atom is -0.497 e. The summed E-state index contributed by atoms with van der Waals surface area (Å²) < 4.78 is 5.31. The van der Waals surface area contributed by atoms with Crippen LogP contribution in [0.1, 0.15) is 37.3 Å². The molecule has 6 nitrogen and oxygen atoms in total. The van der Waals surface area contributed by atoms with Crippen LogP contribution >= 0.6 is 0 Å². The second kappa shape index (κ2) is 9.94. The SMILES string of the molecule is COc1ccc(C2CCCCCN2CC(=O)N2CCN(c3ccccn3)CC2)cc1. The van der Waals surface area contributed by atoms with Gasteiger partial charge in [-0.2, -0.15) is 0 Å². The first-order valence-electron chi connectivity index (χ1n) is 11.1. The van der Waals surface area contributed by atoms with Crippen molar-refractivity contribution in [1.29, 1.82) is 0 Å². The molecule has 0 bridgehead atoms. The van der Waals surface area contributed by atoms with E-state index in [1.54, 1.807) is 7.11 Å². The number of carbonyl (C=O) groups is 1. The van der Waals surface area contributed by atoms with Crippen LogP contribution in [-0.4, -0.2) is 67.1 Å². The van der Waals surface area contributed by atoms with Crippen molar-refractivity contribution in [2.75, 3.05) is 51.3 Å². The summed E-state index contributed by atoms with van der Waals surface area (Å²) in [5.41, 5.74) is 1.28. The molecule has 0 radical (unpaired) electrons. The molecule has 1 amide bonds. The number of aromatic nitrogens is 1. The summed E-state index contributed by atoms with van der Waals surface area (Å²) in [7, 11) is 1.69. The second-order valence-electron chi connectivity index (χ2n) is 8.16. The molecule has 1 atom stereocenters. The Bertz CT molecular complexity index is 804. The zero-order valence-electron chi connectivity index (χ0n) is 17.9. The highest BCUT2D eigenvalue weighted by atomic mass is 16.5. The van der Waals surface area contributed by atoms with Crippen LogP contribution in [0.2, 0.25) is 0 Å². The number of nitrogens with zero attached hydrogens (tertiary/aromatic N) is 4. The lowest BCUT2D eigenvalue weighted by Gasteiger charge is -2.37. The zero-order valence-corrected chi connectivity index (χ0v) is 17.9. The van der Waals surface area contributed by atoms with E-state index in [2.05, 4.69) is 26.9 Å². The summed E-state index contributed by atoms with van der Waals surface area (Å²) in [6.07, 6.45) is 6.54. The van der Waals surface area contributed by atoms with Crippen molar-refractivity contribution in [1.82, 2.24) is 14.8 Å². The van der Waals surface area contributed by atoms with E-state index in [9.17, 15) is 4.79 Å². The molecule has 160 valence electrons. The van der Waals surface area contributed by atoms with E-state index in [-0.39, 0.29) is 5.91 Å². The predicted molar refractivity (Wildman–Crippen MR) is 119 cm³/mol. The van der Waals surface area contributed by atoms with E-state index in [4.69, 9.17) is 4.74 Å². The number of hydrogen-bond acceptors (Lipinski definition) is 5. The highest BCUT2D eigenvalue weighted by Crippen LogP contribution is 2.31. The van der Waals surface area contributed by atoms with Crippen molar-refractivity contribution < 1.29 is 9.53 Å². The average Bonchev–Trinajstić information content (AvgIpc) is 3.05. The zero-order chi connectivity index (χ0) is 20.8. The van der Waals surface area contributed by atoms with Gasteiger partial charge in [-0.3, -0.25) is 9.69 Å². The average molecular weight is 409 g/mol. The van der Waals surface area contributed by atoms with Gasteiger partial charge < -0.3 is 14.5 Å². The number of carbonyl (C=O) groups excluding carboxylic acids is 1. The minimum absolute atomic E-state index is 0.246. The van der Waals surface area contributed by atoms with Crippen LogP contribution < -0.4 is 9.64 Å². The highest BCUT2D eigenvalue weighted by molar-refractivity contribution is 5.78. The Hall–Kier alpha value is -2.60. The molecular weight excluding hydrogens is 376 g/mol. The molecule has 2 fully saturated rings. The number of piperazine rings is 1. The van der Waals surface area contributed by atoms with Gasteiger partial charge in [-0.25, -0.2) is 4.98 Å². The first kappa shape index (κ1) is 20.7. The van der Waals surface area contributed by atoms with Crippen molar-refractivity contribution in [3.05, 3.63) is 54.2 Å². The maximum absolute atomic E-state index is 13.1. The minimum atomic E-state index is 0.246. The van der Waals surface area contributed by atoms with Gasteiger partial charge in [-0.05, 0) is 49.2 Å². The van der Waals surface area contributed by atoms with Crippen LogP contribution in [0.3, 0.4) is 0 Å². The Morgan fingerprint density at radius 2 is 1.80 bits per heavy atom. The quantitative estimate of drug-likeness (QED) is 0.759. The largest absolute Gasteiger partial charge is 0.497 e. The number of amides is 1. The molecule has 4 rings (SSSR count). The molecule has 2 aliphatic rings. The third-order valence-electron chi connectivity index (χ3n) is 6.31. The van der Waals surface area contributed by atoms with Crippen molar-refractivity contribution in [3.8, 4) is 5.75 Å². The smallest absolute Gasteiger partial charge is 0.236 e. The van der Waals surface area contributed by atoms with Crippen LogP contribution in [0.15, 0.2) is 48.7 Å². The van der Waals surface area contributed by atoms with E-state index in [0.717, 1.165) is 57.1 Å². The molecule has 0 N–H and O–H groups in total. The fraction of sp³-hybridized carbons (Fsp3) is 0.500. The summed E-state index contributed by atoms with van der Waals surface area (Å²) in [5, 5.41) is 0. The number of pyridine rings is 1. The maximum atomic E-state index is 13.1. The Balaban J connectivity index is 1.38. The summed E-state index contributed by atoms with van der Waals surface area (Å²) in [4.78, 5) is 24.2. The normalized spacial score (nSPS) is 20.6. The Labute approximate surface area is 179 Å². The summed E-state index contributed by atoms with van der Waals surface area (Å²) in [5.74, 6) is 2.12. The molecule has 1 aromatic carbocycles. The Morgan fingerprint density at radius 3 is 2.50 bits per heavy atom. The van der Waals surface area contributed by atoms with Crippen LogP contribution in [0.4, 0.5) is 5.82 Å². The van der Waals surface area contributed by atoms with E-state index < -0.39 is 0 Å². The van der Waals surface area contributed by atoms with Crippen molar-refractivity contribution in [3.63, 3.8) is 0 Å². The molecule has 2 saturated heterocycles. The Kier molecular flexibility index (Phi) is 6.84. The predicted octanol–water partition coefficient (Wildman–Crippen LogP) is 3.36. The molecule has 0 saturated carbocycles. The fourth-order valence-electron chi connectivity index (χ4n) is 4.56. The molecule has 2 aliphatic heterocycles. The summed E-state index contributed by atoms with van der Waals surface area (Å²) >= 11 is 0. The Morgan fingerprint density at radius 1 is 1.00 bits per heavy atom. The number of methoxy groups -OCH3 is 1. The fourth-order valence-corrected chi connectivity index (χ4v) is 4.56. The van der Waals surface area contributed by atoms with Crippen LogP contribution in [0.5, 0.6) is 5.75 Å². The number of hydrogen-bond donors (Lipinski definition) is 0. The van der Waals surface area contributed by atoms with E-state index in [1.165, 1.54) is 18.4 Å². The molecule has 0 aliphatic carbocycles. The van der Waals surface area contributed by atoms with Gasteiger partial charge in [-0.15, -0.1) is 0 Å². The molecule has 6 heteroatoms. The number of ether oxygens (including phenoxy) is 1. The lowest BCUT2D eigenvalue weighted by Crippen LogP contribution is -2.51. The van der Waals surface area contributed by atoms with Crippen LogP contribution in [0, 0.1) is 0 Å². The molecule has 2 aromatic rings. The van der Waals surface area contributed by atoms with Crippen molar-refractivity contribution in [2.24, 2.45) is 0 Å². The summed E-state index contributed by atoms with van der Waals surface area (Å²) in [6.45, 7) is 4.68. The van der Waals surface area contributed by atoms with Gasteiger partial charge in [0.25, 0.3) is 0 Å². The standard InChI is InChI=1S/C24H32N4O2/c1-30-21-11-9-20(10-12-21)22-7-3-2-6-14-28(22)19-24(29)27-17-15-26(16-18-27)23-8-4-5-13-25-23/h4-5,8-13,22H,2-3,6-7,14-19H2,1H3. The molecule has 0 spiro atoms. The van der Waals surface area contributed by atoms with Crippen LogP contribution in [0.25, 0.3) is 0 Å². The first-order valence-corrected chi connectivity index (χ1v) is 11.1. The van der Waals surface area contributed by atoms with Crippen LogP contribution in [-0.2, 0) is 4.79 Å². The van der Waals surface area contributed by atoms with Gasteiger partial charge in [0, 0.05) is 38.4 Å². The first-order chi connectivity index (χ1) is 14.7. The number of rotatable bonds is 5. The third-order valence-corrected chi connectivity index (χ3v) is 6.31. The number of benzene rings is 1. The number of anilines is 1. The van der Waals surface area contributed by atoms with Gasteiger partial charge in [-0.1, -0.05) is 31.0 Å². The third kappa shape index (κ3) is 4.93. The van der Waals surface area contributed by atoms with Gasteiger partial charge in [0.1, 0.15) is 11.6 Å². The maximum Gasteiger partial charge on any atom is 0.236 e. The summed E-state index contributed by atoms with van der Waals surface area (Å²) in [6, 6.07) is 14.6. The molecular formula is C24H32N4O2. The second-order valence-corrected chi connectivity index (χ2v) is 8.16.